The number of halogens is 2. The average molecular weight is 506 g/mol. The van der Waals surface area contributed by atoms with Crippen molar-refractivity contribution in [1.82, 2.24) is 4.90 Å². The number of ether oxygens (including phenoxy) is 1. The number of unbranched alkanes of at least 4 members (excludes halogenated alkanes) is 1. The van der Waals surface area contributed by atoms with E-state index in [2.05, 4.69) is 32.2 Å². The van der Waals surface area contributed by atoms with E-state index in [1.165, 1.54) is 0 Å². The smallest absolute Gasteiger partial charge is 0.401 e. The minimum absolute atomic E-state index is 0.0118. The van der Waals surface area contributed by atoms with Crippen molar-refractivity contribution in [3.63, 3.8) is 0 Å². The summed E-state index contributed by atoms with van der Waals surface area (Å²) < 4.78 is 32.4. The molecule has 3 rings (SSSR count). The summed E-state index contributed by atoms with van der Waals surface area (Å²) in [6, 6.07) is 12.9. The fourth-order valence-electron chi connectivity index (χ4n) is 4.58. The first-order chi connectivity index (χ1) is 17.8. The maximum absolute atomic E-state index is 13.8. The van der Waals surface area contributed by atoms with Gasteiger partial charge in [0, 0.05) is 24.7 Å². The maximum Gasteiger partial charge on any atom is 0.401 e. The molecule has 2 aromatic carbocycles. The lowest BCUT2D eigenvalue weighted by molar-refractivity contribution is -0.172. The minimum Gasteiger partial charge on any atom is -0.432 e. The molecule has 196 valence electrons. The molecule has 0 aromatic heterocycles. The highest BCUT2D eigenvalue weighted by Crippen LogP contribution is 2.31. The normalized spacial score (nSPS) is 14.2. The van der Waals surface area contributed by atoms with Gasteiger partial charge in [0.05, 0.1) is 6.42 Å². The van der Waals surface area contributed by atoms with Crippen molar-refractivity contribution in [2.24, 2.45) is 5.92 Å². The van der Waals surface area contributed by atoms with Gasteiger partial charge in [-0.3, -0.25) is 4.79 Å². The van der Waals surface area contributed by atoms with Crippen LogP contribution in [0.25, 0.3) is 17.2 Å². The van der Waals surface area contributed by atoms with Crippen LogP contribution in [-0.4, -0.2) is 23.8 Å². The quantitative estimate of drug-likeness (QED) is 0.241. The number of hydrogen-bond acceptors (Lipinski definition) is 3. The van der Waals surface area contributed by atoms with Crippen LogP contribution in [0.4, 0.5) is 8.78 Å². The summed E-state index contributed by atoms with van der Waals surface area (Å²) in [4.78, 5) is 15.3. The molecule has 1 atom stereocenters. The Labute approximate surface area is 219 Å². The Morgan fingerprint density at radius 2 is 1.92 bits per heavy atom. The summed E-state index contributed by atoms with van der Waals surface area (Å²) >= 11 is 0. The zero-order valence-corrected chi connectivity index (χ0v) is 21.9. The Balaban J connectivity index is 1.76. The summed E-state index contributed by atoms with van der Waals surface area (Å²) in [5.41, 5.74) is 4.80. The molecule has 0 saturated carbocycles. The lowest BCUT2D eigenvalue weighted by Crippen LogP contribution is -2.23. The number of rotatable bonds is 14. The molecule has 0 N–H and O–H groups in total. The molecule has 1 aliphatic rings. The SMILES string of the molecule is C=CCC(F)(F)Oc1ccc(-c2cc(CCC(CCCC)C(=O)C3=CN(C)C=CC3)ccc2C=C)cc1. The Morgan fingerprint density at radius 3 is 2.57 bits per heavy atom. The first-order valence-corrected chi connectivity index (χ1v) is 12.9. The number of benzene rings is 2. The van der Waals surface area contributed by atoms with E-state index in [-0.39, 0.29) is 17.5 Å². The summed E-state index contributed by atoms with van der Waals surface area (Å²) in [5, 5.41) is 0. The average Bonchev–Trinajstić information content (AvgIpc) is 2.88. The number of hydrogen-bond donors (Lipinski definition) is 0. The van der Waals surface area contributed by atoms with E-state index in [0.717, 1.165) is 66.0 Å². The molecular formula is C32H37F2NO2. The molecule has 1 aliphatic heterocycles. The van der Waals surface area contributed by atoms with Crippen LogP contribution in [-0.2, 0) is 11.2 Å². The molecule has 1 heterocycles. The monoisotopic (exact) mass is 505 g/mol. The first kappa shape index (κ1) is 28.1. The van der Waals surface area contributed by atoms with Gasteiger partial charge >= 0.3 is 6.11 Å². The van der Waals surface area contributed by atoms with Gasteiger partial charge in [0.15, 0.2) is 5.78 Å². The molecule has 1 unspecified atom stereocenters. The molecule has 0 amide bonds. The number of ketones is 1. The second kappa shape index (κ2) is 13.2. The van der Waals surface area contributed by atoms with Gasteiger partial charge in [-0.2, -0.15) is 8.78 Å². The van der Waals surface area contributed by atoms with Gasteiger partial charge in [-0.15, -0.1) is 6.58 Å². The molecule has 0 saturated heterocycles. The number of carbonyl (C=O) groups excluding carboxylic acids is 1. The standard InChI is InChI=1S/C32H37F2NO2/c1-5-8-10-27(31(36)28-11-9-21-35(4)23-28)15-13-24-12-14-25(7-3)30(22-24)26-16-18-29(19-17-26)37-32(33,34)20-6-2/h6-7,9,12,14,16-19,21-23,27H,2-3,5,8,10-11,13,15,20H2,1,4H3. The van der Waals surface area contributed by atoms with Crippen molar-refractivity contribution in [3.8, 4) is 16.9 Å². The van der Waals surface area contributed by atoms with Crippen molar-refractivity contribution in [2.45, 2.75) is 58.0 Å². The van der Waals surface area contributed by atoms with Crippen LogP contribution in [0.1, 0.15) is 56.6 Å². The predicted octanol–water partition coefficient (Wildman–Crippen LogP) is 8.59. The first-order valence-electron chi connectivity index (χ1n) is 12.9. The highest BCUT2D eigenvalue weighted by atomic mass is 19.3. The number of allylic oxidation sites excluding steroid dienone is 2. The van der Waals surface area contributed by atoms with Gasteiger partial charge in [0.1, 0.15) is 5.75 Å². The predicted molar refractivity (Wildman–Crippen MR) is 148 cm³/mol. The number of alkyl halides is 2. The van der Waals surface area contributed by atoms with Gasteiger partial charge in [0.2, 0.25) is 0 Å². The molecule has 37 heavy (non-hydrogen) atoms. The summed E-state index contributed by atoms with van der Waals surface area (Å²) in [6.07, 6.45) is 10.2. The van der Waals surface area contributed by atoms with Crippen molar-refractivity contribution < 1.29 is 18.3 Å². The number of aryl methyl sites for hydroxylation is 1. The molecular weight excluding hydrogens is 468 g/mol. The van der Waals surface area contributed by atoms with Gasteiger partial charge in [-0.1, -0.05) is 74.9 Å². The summed E-state index contributed by atoms with van der Waals surface area (Å²) in [7, 11) is 1.94. The third-order valence-corrected chi connectivity index (χ3v) is 6.56. The van der Waals surface area contributed by atoms with E-state index < -0.39 is 12.5 Å². The highest BCUT2D eigenvalue weighted by Gasteiger charge is 2.29. The van der Waals surface area contributed by atoms with E-state index in [9.17, 15) is 13.6 Å². The van der Waals surface area contributed by atoms with Crippen LogP contribution >= 0.6 is 0 Å². The Hall–Kier alpha value is -3.47. The van der Waals surface area contributed by atoms with Crippen LogP contribution < -0.4 is 4.74 Å². The molecule has 5 heteroatoms. The largest absolute Gasteiger partial charge is 0.432 e. The second-order valence-corrected chi connectivity index (χ2v) is 9.53. The van der Waals surface area contributed by atoms with Gasteiger partial charge in [-0.25, -0.2) is 0 Å². The topological polar surface area (TPSA) is 29.5 Å². The van der Waals surface area contributed by atoms with Gasteiger partial charge < -0.3 is 9.64 Å². The zero-order valence-electron chi connectivity index (χ0n) is 21.9. The second-order valence-electron chi connectivity index (χ2n) is 9.53. The van der Waals surface area contributed by atoms with Crippen LogP contribution in [0.15, 0.2) is 85.7 Å². The molecule has 0 spiro atoms. The Bertz CT molecular complexity index is 1150. The third-order valence-electron chi connectivity index (χ3n) is 6.56. The van der Waals surface area contributed by atoms with E-state index in [1.54, 1.807) is 30.3 Å². The molecule has 2 aromatic rings. The van der Waals surface area contributed by atoms with E-state index in [1.807, 2.05) is 36.5 Å². The van der Waals surface area contributed by atoms with Gasteiger partial charge in [-0.05, 0) is 66.3 Å². The minimum atomic E-state index is -3.29. The lowest BCUT2D eigenvalue weighted by Gasteiger charge is -2.21. The third kappa shape index (κ3) is 8.01. The zero-order chi connectivity index (χ0) is 26.8. The van der Waals surface area contributed by atoms with Crippen molar-refractivity contribution >= 4 is 11.9 Å². The van der Waals surface area contributed by atoms with E-state index in [4.69, 9.17) is 4.74 Å². The fraction of sp³-hybridized carbons (Fsp3) is 0.344. The number of nitrogens with zero attached hydrogens (tertiary/aromatic N) is 1. The molecule has 0 radical (unpaired) electrons. The van der Waals surface area contributed by atoms with Crippen molar-refractivity contribution in [3.05, 3.63) is 96.9 Å². The van der Waals surface area contributed by atoms with Crippen molar-refractivity contribution in [1.29, 1.82) is 0 Å². The fourth-order valence-corrected chi connectivity index (χ4v) is 4.58. The highest BCUT2D eigenvalue weighted by molar-refractivity contribution is 5.97. The molecule has 0 bridgehead atoms. The summed E-state index contributed by atoms with van der Waals surface area (Å²) in [6.45, 7) is 9.43. The Morgan fingerprint density at radius 1 is 1.16 bits per heavy atom. The number of Topliss-reactive ketones (excluding diaryl/α,β-unsaturated/α-hetero) is 1. The van der Waals surface area contributed by atoms with Crippen molar-refractivity contribution in [2.75, 3.05) is 7.05 Å². The van der Waals surface area contributed by atoms with Gasteiger partial charge in [0.25, 0.3) is 0 Å². The van der Waals surface area contributed by atoms with E-state index >= 15 is 0 Å². The molecule has 3 nitrogen and oxygen atoms in total. The van der Waals surface area contributed by atoms with Crippen LogP contribution in [0.3, 0.4) is 0 Å². The maximum atomic E-state index is 13.8. The molecule has 0 fully saturated rings. The lowest BCUT2D eigenvalue weighted by atomic mass is 9.86. The van der Waals surface area contributed by atoms with Crippen LogP contribution in [0.2, 0.25) is 0 Å². The van der Waals surface area contributed by atoms with Crippen LogP contribution in [0.5, 0.6) is 5.75 Å². The number of carbonyl (C=O) groups is 1. The summed E-state index contributed by atoms with van der Waals surface area (Å²) in [5.74, 6) is 0.334. The molecule has 0 aliphatic carbocycles. The van der Waals surface area contributed by atoms with Crippen LogP contribution in [0, 0.1) is 5.92 Å². The Kier molecular flexibility index (Phi) is 10.0. The van der Waals surface area contributed by atoms with E-state index in [0.29, 0.717) is 6.42 Å².